The summed E-state index contributed by atoms with van der Waals surface area (Å²) in [5.41, 5.74) is 0.444. The van der Waals surface area contributed by atoms with Crippen LogP contribution in [0.1, 0.15) is 33.1 Å². The normalized spacial score (nSPS) is 36.1. The Labute approximate surface area is 85.8 Å². The molecule has 0 bridgehead atoms. The number of carbonyl (C=O) groups excluding carboxylic acids is 1. The summed E-state index contributed by atoms with van der Waals surface area (Å²) >= 11 is 0. The first-order valence-corrected chi connectivity index (χ1v) is 5.67. The van der Waals surface area contributed by atoms with Crippen LogP contribution in [-0.2, 0) is 4.79 Å². The minimum Gasteiger partial charge on any atom is -0.342 e. The zero-order valence-corrected chi connectivity index (χ0v) is 9.18. The van der Waals surface area contributed by atoms with Gasteiger partial charge < -0.3 is 10.2 Å². The van der Waals surface area contributed by atoms with Gasteiger partial charge in [-0.25, -0.2) is 0 Å². The molecule has 14 heavy (non-hydrogen) atoms. The highest BCUT2D eigenvalue weighted by molar-refractivity contribution is 5.73. The average Bonchev–Trinajstić information content (AvgIpc) is 2.79. The molecule has 2 fully saturated rings. The second kappa shape index (κ2) is 3.54. The molecule has 2 unspecified atom stereocenters. The van der Waals surface area contributed by atoms with Crippen molar-refractivity contribution < 1.29 is 4.79 Å². The largest absolute Gasteiger partial charge is 0.342 e. The molecule has 1 aliphatic carbocycles. The molecular weight excluding hydrogens is 176 g/mol. The van der Waals surface area contributed by atoms with Crippen LogP contribution in [0.25, 0.3) is 0 Å². The molecule has 0 aromatic heterocycles. The van der Waals surface area contributed by atoms with Crippen molar-refractivity contribution in [2.24, 2.45) is 5.41 Å². The highest BCUT2D eigenvalue weighted by Gasteiger charge is 2.55. The number of carbonyl (C=O) groups is 1. The fraction of sp³-hybridized carbons (Fsp3) is 0.909. The monoisotopic (exact) mass is 196 g/mol. The van der Waals surface area contributed by atoms with Gasteiger partial charge in [0.2, 0.25) is 5.91 Å². The quantitative estimate of drug-likeness (QED) is 0.714. The van der Waals surface area contributed by atoms with E-state index in [0.29, 0.717) is 11.5 Å². The maximum atomic E-state index is 11.3. The molecule has 0 radical (unpaired) electrons. The number of rotatable bonds is 2. The van der Waals surface area contributed by atoms with E-state index in [1.54, 1.807) is 6.92 Å². The van der Waals surface area contributed by atoms with E-state index in [0.717, 1.165) is 19.6 Å². The average molecular weight is 196 g/mol. The maximum Gasteiger partial charge on any atom is 0.219 e. The van der Waals surface area contributed by atoms with E-state index in [9.17, 15) is 4.79 Å². The molecule has 1 N–H and O–H groups in total. The second-order valence-electron chi connectivity index (χ2n) is 4.72. The van der Waals surface area contributed by atoms with Crippen LogP contribution in [0.5, 0.6) is 0 Å². The molecule has 1 spiro atoms. The maximum absolute atomic E-state index is 11.3. The van der Waals surface area contributed by atoms with Crippen molar-refractivity contribution in [2.75, 3.05) is 19.6 Å². The minimum atomic E-state index is 0.242. The Morgan fingerprint density at radius 2 is 2.43 bits per heavy atom. The van der Waals surface area contributed by atoms with Gasteiger partial charge in [0.15, 0.2) is 0 Å². The van der Waals surface area contributed by atoms with E-state index in [2.05, 4.69) is 12.2 Å². The van der Waals surface area contributed by atoms with Gasteiger partial charge in [-0.2, -0.15) is 0 Å². The molecule has 2 aliphatic rings. The molecule has 1 amide bonds. The van der Waals surface area contributed by atoms with E-state index < -0.39 is 0 Å². The first-order valence-electron chi connectivity index (χ1n) is 5.67. The lowest BCUT2D eigenvalue weighted by Crippen LogP contribution is -2.42. The zero-order chi connectivity index (χ0) is 10.2. The molecule has 1 aliphatic heterocycles. The Balaban J connectivity index is 1.92. The fourth-order valence-electron chi connectivity index (χ4n) is 2.76. The predicted octanol–water partition coefficient (Wildman–Crippen LogP) is 0.997. The number of hydrogen-bond acceptors (Lipinski definition) is 2. The molecule has 3 nitrogen and oxygen atoms in total. The van der Waals surface area contributed by atoms with Crippen molar-refractivity contribution in [1.29, 1.82) is 0 Å². The van der Waals surface area contributed by atoms with Gasteiger partial charge in [-0.15, -0.1) is 0 Å². The molecule has 1 saturated heterocycles. The predicted molar refractivity (Wildman–Crippen MR) is 56.0 cm³/mol. The van der Waals surface area contributed by atoms with Crippen LogP contribution in [0.3, 0.4) is 0 Å². The Morgan fingerprint density at radius 1 is 1.64 bits per heavy atom. The Bertz CT molecular complexity index is 241. The molecule has 2 atom stereocenters. The number of amides is 1. The number of hydrogen-bond donors (Lipinski definition) is 1. The molecule has 0 aromatic carbocycles. The van der Waals surface area contributed by atoms with Crippen LogP contribution in [0.4, 0.5) is 0 Å². The summed E-state index contributed by atoms with van der Waals surface area (Å²) < 4.78 is 0. The van der Waals surface area contributed by atoms with E-state index in [4.69, 9.17) is 0 Å². The molecule has 2 rings (SSSR count). The van der Waals surface area contributed by atoms with Crippen LogP contribution in [0.15, 0.2) is 0 Å². The van der Waals surface area contributed by atoms with Crippen molar-refractivity contribution in [3.63, 3.8) is 0 Å². The van der Waals surface area contributed by atoms with Gasteiger partial charge in [0.25, 0.3) is 0 Å². The molecule has 1 heterocycles. The highest BCUT2D eigenvalue weighted by atomic mass is 16.2. The van der Waals surface area contributed by atoms with Crippen LogP contribution >= 0.6 is 0 Å². The van der Waals surface area contributed by atoms with Gasteiger partial charge in [-0.05, 0) is 25.8 Å². The minimum absolute atomic E-state index is 0.242. The Kier molecular flexibility index (Phi) is 2.52. The highest BCUT2D eigenvalue weighted by Crippen LogP contribution is 2.52. The number of piperidine rings is 1. The zero-order valence-electron chi connectivity index (χ0n) is 9.18. The third-order valence-corrected chi connectivity index (χ3v) is 3.69. The summed E-state index contributed by atoms with van der Waals surface area (Å²) in [5, 5.41) is 3.50. The van der Waals surface area contributed by atoms with Crippen molar-refractivity contribution in [2.45, 2.75) is 39.2 Å². The molecule has 3 heteroatoms. The van der Waals surface area contributed by atoms with Crippen LogP contribution in [0, 0.1) is 5.41 Å². The molecular formula is C11H20N2O. The molecule has 80 valence electrons. The summed E-state index contributed by atoms with van der Waals surface area (Å²) in [7, 11) is 0. The first kappa shape index (κ1) is 9.97. The van der Waals surface area contributed by atoms with E-state index in [-0.39, 0.29) is 5.91 Å². The Hall–Kier alpha value is -0.570. The van der Waals surface area contributed by atoms with Gasteiger partial charge in [-0.3, -0.25) is 4.79 Å². The molecule has 1 saturated carbocycles. The van der Waals surface area contributed by atoms with Crippen LogP contribution in [0.2, 0.25) is 0 Å². The first-order chi connectivity index (χ1) is 6.68. The van der Waals surface area contributed by atoms with Gasteiger partial charge in [0.05, 0.1) is 0 Å². The van der Waals surface area contributed by atoms with E-state index in [1.807, 2.05) is 4.90 Å². The summed E-state index contributed by atoms with van der Waals surface area (Å²) in [6.07, 6.45) is 3.75. The van der Waals surface area contributed by atoms with Gasteiger partial charge in [0, 0.05) is 31.5 Å². The number of nitrogens with zero attached hydrogens (tertiary/aromatic N) is 1. The van der Waals surface area contributed by atoms with Crippen molar-refractivity contribution >= 4 is 5.91 Å². The summed E-state index contributed by atoms with van der Waals surface area (Å²) in [6.45, 7) is 6.84. The lowest BCUT2D eigenvalue weighted by Gasteiger charge is -2.33. The van der Waals surface area contributed by atoms with Crippen LogP contribution < -0.4 is 5.32 Å². The van der Waals surface area contributed by atoms with E-state index >= 15 is 0 Å². The SMILES string of the molecule is CCNC1CC12CCCN(C(C)=O)C2. The fourth-order valence-corrected chi connectivity index (χ4v) is 2.76. The third kappa shape index (κ3) is 1.65. The lowest BCUT2D eigenvalue weighted by molar-refractivity contribution is -0.131. The van der Waals surface area contributed by atoms with Crippen molar-refractivity contribution in [3.8, 4) is 0 Å². The third-order valence-electron chi connectivity index (χ3n) is 3.69. The number of likely N-dealkylation sites (tertiary alicyclic amines) is 1. The number of nitrogens with one attached hydrogen (secondary N) is 1. The van der Waals surface area contributed by atoms with Crippen molar-refractivity contribution in [3.05, 3.63) is 0 Å². The van der Waals surface area contributed by atoms with Gasteiger partial charge in [-0.1, -0.05) is 6.92 Å². The smallest absolute Gasteiger partial charge is 0.219 e. The van der Waals surface area contributed by atoms with Gasteiger partial charge in [0.1, 0.15) is 0 Å². The van der Waals surface area contributed by atoms with Crippen LogP contribution in [-0.4, -0.2) is 36.5 Å². The Morgan fingerprint density at radius 3 is 3.07 bits per heavy atom. The topological polar surface area (TPSA) is 32.3 Å². The molecule has 0 aromatic rings. The second-order valence-corrected chi connectivity index (χ2v) is 4.72. The van der Waals surface area contributed by atoms with E-state index in [1.165, 1.54) is 19.3 Å². The lowest BCUT2D eigenvalue weighted by atomic mass is 9.94. The summed E-state index contributed by atoms with van der Waals surface area (Å²) in [5.74, 6) is 0.242. The summed E-state index contributed by atoms with van der Waals surface area (Å²) in [4.78, 5) is 13.3. The standard InChI is InChI=1S/C11H20N2O/c1-3-12-10-7-11(10)5-4-6-13(8-11)9(2)14/h10,12H,3-8H2,1-2H3. The van der Waals surface area contributed by atoms with Gasteiger partial charge >= 0.3 is 0 Å². The van der Waals surface area contributed by atoms with Crippen molar-refractivity contribution in [1.82, 2.24) is 10.2 Å². The summed E-state index contributed by atoms with van der Waals surface area (Å²) in [6, 6.07) is 0.676.